The summed E-state index contributed by atoms with van der Waals surface area (Å²) in [6.07, 6.45) is 4.61. The lowest BCUT2D eigenvalue weighted by Gasteiger charge is -2.38. The van der Waals surface area contributed by atoms with Crippen molar-refractivity contribution in [1.82, 2.24) is 0 Å². The van der Waals surface area contributed by atoms with Crippen molar-refractivity contribution in [2.45, 2.75) is 66.4 Å². The Morgan fingerprint density at radius 2 is 2.06 bits per heavy atom. The molecule has 0 radical (unpaired) electrons. The molecule has 2 aliphatic rings. The van der Waals surface area contributed by atoms with Crippen LogP contribution in [0, 0.1) is 22.7 Å². The van der Waals surface area contributed by atoms with Gasteiger partial charge in [0.15, 0.2) is 0 Å². The van der Waals surface area contributed by atoms with Crippen molar-refractivity contribution in [3.05, 3.63) is 0 Å². The van der Waals surface area contributed by atoms with E-state index in [1.54, 1.807) is 0 Å². The molecule has 0 N–H and O–H groups in total. The molecule has 0 aromatic rings. The van der Waals surface area contributed by atoms with E-state index < -0.39 is 0 Å². The number of hydrogen-bond acceptors (Lipinski definition) is 2. The van der Waals surface area contributed by atoms with Gasteiger partial charge in [0.2, 0.25) is 0 Å². The molecule has 0 aromatic heterocycles. The van der Waals surface area contributed by atoms with Gasteiger partial charge in [-0.15, -0.1) is 0 Å². The second kappa shape index (κ2) is 4.00. The van der Waals surface area contributed by atoms with Crippen molar-refractivity contribution < 1.29 is 9.53 Å². The molecule has 17 heavy (non-hydrogen) atoms. The summed E-state index contributed by atoms with van der Waals surface area (Å²) in [6.45, 7) is 11.0. The smallest absolute Gasteiger partial charge is 0.308 e. The number of hydrogen-bond donors (Lipinski definition) is 0. The zero-order valence-corrected chi connectivity index (χ0v) is 11.9. The molecule has 2 heteroatoms. The molecule has 0 amide bonds. The van der Waals surface area contributed by atoms with Crippen LogP contribution in [0.3, 0.4) is 0 Å². The SMILES string of the molecule is CCC(C)C(=O)O[C@@H]1C[C@@H]2CC[C@@]1(C)C2(C)C. The first kappa shape index (κ1) is 12.9. The molecule has 1 unspecified atom stereocenters. The van der Waals surface area contributed by atoms with Crippen molar-refractivity contribution in [3.8, 4) is 0 Å². The zero-order valence-electron chi connectivity index (χ0n) is 11.9. The number of carbonyl (C=O) groups is 1. The van der Waals surface area contributed by atoms with E-state index in [0.717, 1.165) is 18.8 Å². The molecule has 2 aliphatic carbocycles. The molecular weight excluding hydrogens is 212 g/mol. The van der Waals surface area contributed by atoms with E-state index in [1.807, 2.05) is 13.8 Å². The molecule has 0 aromatic carbocycles. The van der Waals surface area contributed by atoms with Gasteiger partial charge in [0.25, 0.3) is 0 Å². The second-order valence-corrected chi connectivity index (χ2v) is 6.85. The Balaban J connectivity index is 2.08. The van der Waals surface area contributed by atoms with E-state index in [9.17, 15) is 4.79 Å². The Bertz CT molecular complexity index is 321. The number of rotatable bonds is 3. The van der Waals surface area contributed by atoms with Gasteiger partial charge in [-0.2, -0.15) is 0 Å². The fourth-order valence-corrected chi connectivity index (χ4v) is 3.73. The maximum absolute atomic E-state index is 11.9. The third-order valence-corrected chi connectivity index (χ3v) is 5.99. The topological polar surface area (TPSA) is 26.3 Å². The van der Waals surface area contributed by atoms with E-state index in [0.29, 0.717) is 5.41 Å². The fraction of sp³-hybridized carbons (Fsp3) is 0.933. The van der Waals surface area contributed by atoms with Crippen LogP contribution in [0.1, 0.15) is 60.3 Å². The summed E-state index contributed by atoms with van der Waals surface area (Å²) in [5.74, 6) is 0.783. The van der Waals surface area contributed by atoms with Crippen LogP contribution >= 0.6 is 0 Å². The molecule has 2 rings (SSSR count). The van der Waals surface area contributed by atoms with E-state index in [-0.39, 0.29) is 23.4 Å². The van der Waals surface area contributed by atoms with Crippen LogP contribution in [0.15, 0.2) is 0 Å². The van der Waals surface area contributed by atoms with E-state index in [4.69, 9.17) is 4.74 Å². The molecule has 0 saturated heterocycles. The summed E-state index contributed by atoms with van der Waals surface area (Å²) in [5, 5.41) is 0. The number of carbonyl (C=O) groups excluding carboxylic acids is 1. The standard InChI is InChI=1S/C15H26O2/c1-6-10(2)13(16)17-12-9-11-7-8-15(12,5)14(11,3)4/h10-12H,6-9H2,1-5H3/t10?,11-,12+,15+/m0/s1. The first-order valence-electron chi connectivity index (χ1n) is 7.03. The number of esters is 1. The molecule has 2 fully saturated rings. The number of ether oxygens (including phenoxy) is 1. The molecule has 2 bridgehead atoms. The highest BCUT2D eigenvalue weighted by atomic mass is 16.5. The normalized spacial score (nSPS) is 40.3. The highest BCUT2D eigenvalue weighted by Crippen LogP contribution is 2.66. The van der Waals surface area contributed by atoms with Crippen LogP contribution in [0.4, 0.5) is 0 Å². The van der Waals surface area contributed by atoms with Gasteiger partial charge in [0.1, 0.15) is 6.10 Å². The van der Waals surface area contributed by atoms with Crippen LogP contribution < -0.4 is 0 Å². The number of fused-ring (bicyclic) bond motifs is 2. The summed E-state index contributed by atoms with van der Waals surface area (Å²) in [5.41, 5.74) is 0.522. The Morgan fingerprint density at radius 3 is 2.47 bits per heavy atom. The van der Waals surface area contributed by atoms with Gasteiger partial charge >= 0.3 is 5.97 Å². The highest BCUT2D eigenvalue weighted by Gasteiger charge is 2.62. The fourth-order valence-electron chi connectivity index (χ4n) is 3.73. The summed E-state index contributed by atoms with van der Waals surface area (Å²) < 4.78 is 5.80. The predicted molar refractivity (Wildman–Crippen MR) is 68.6 cm³/mol. The molecule has 4 atom stereocenters. The van der Waals surface area contributed by atoms with Gasteiger partial charge in [-0.05, 0) is 37.0 Å². The lowest BCUT2D eigenvalue weighted by molar-refractivity contribution is -0.161. The molecule has 0 heterocycles. The van der Waals surface area contributed by atoms with Crippen LogP contribution in [0.25, 0.3) is 0 Å². The van der Waals surface area contributed by atoms with Crippen LogP contribution in [-0.2, 0) is 9.53 Å². The van der Waals surface area contributed by atoms with E-state index in [1.165, 1.54) is 12.8 Å². The molecule has 0 aliphatic heterocycles. The minimum Gasteiger partial charge on any atom is -0.462 e. The maximum Gasteiger partial charge on any atom is 0.308 e. The van der Waals surface area contributed by atoms with Gasteiger partial charge in [-0.25, -0.2) is 0 Å². The lowest BCUT2D eigenvalue weighted by Crippen LogP contribution is -2.39. The first-order chi connectivity index (χ1) is 7.83. The van der Waals surface area contributed by atoms with Crippen molar-refractivity contribution >= 4 is 5.97 Å². The van der Waals surface area contributed by atoms with Crippen molar-refractivity contribution in [2.24, 2.45) is 22.7 Å². The third kappa shape index (κ3) is 1.71. The van der Waals surface area contributed by atoms with E-state index in [2.05, 4.69) is 20.8 Å². The van der Waals surface area contributed by atoms with Crippen LogP contribution in [0.2, 0.25) is 0 Å². The molecule has 2 nitrogen and oxygen atoms in total. The van der Waals surface area contributed by atoms with Crippen LogP contribution in [-0.4, -0.2) is 12.1 Å². The zero-order chi connectivity index (χ0) is 12.8. The Kier molecular flexibility index (Phi) is 3.04. The Morgan fingerprint density at radius 1 is 1.41 bits per heavy atom. The minimum absolute atomic E-state index is 0.00192. The molecule has 2 saturated carbocycles. The van der Waals surface area contributed by atoms with Crippen molar-refractivity contribution in [2.75, 3.05) is 0 Å². The van der Waals surface area contributed by atoms with Crippen molar-refractivity contribution in [3.63, 3.8) is 0 Å². The molecule has 98 valence electrons. The van der Waals surface area contributed by atoms with E-state index >= 15 is 0 Å². The lowest BCUT2D eigenvalue weighted by atomic mass is 9.70. The van der Waals surface area contributed by atoms with Crippen LogP contribution in [0.5, 0.6) is 0 Å². The maximum atomic E-state index is 11.9. The quantitative estimate of drug-likeness (QED) is 0.699. The summed E-state index contributed by atoms with van der Waals surface area (Å²) >= 11 is 0. The average molecular weight is 238 g/mol. The third-order valence-electron chi connectivity index (χ3n) is 5.99. The summed E-state index contributed by atoms with van der Waals surface area (Å²) in [4.78, 5) is 11.9. The molecule has 0 spiro atoms. The van der Waals surface area contributed by atoms with Gasteiger partial charge in [-0.1, -0.05) is 34.6 Å². The summed E-state index contributed by atoms with van der Waals surface area (Å²) in [6, 6.07) is 0. The van der Waals surface area contributed by atoms with Crippen molar-refractivity contribution in [1.29, 1.82) is 0 Å². The molecular formula is C15H26O2. The Hall–Kier alpha value is -0.530. The van der Waals surface area contributed by atoms with Gasteiger partial charge in [0.05, 0.1) is 5.92 Å². The largest absolute Gasteiger partial charge is 0.462 e. The second-order valence-electron chi connectivity index (χ2n) is 6.85. The first-order valence-corrected chi connectivity index (χ1v) is 7.03. The minimum atomic E-state index is 0.00192. The predicted octanol–water partition coefficient (Wildman–Crippen LogP) is 3.79. The van der Waals surface area contributed by atoms with Gasteiger partial charge < -0.3 is 4.74 Å². The highest BCUT2D eigenvalue weighted by molar-refractivity contribution is 5.72. The Labute approximate surface area is 105 Å². The van der Waals surface area contributed by atoms with Gasteiger partial charge in [0, 0.05) is 5.41 Å². The van der Waals surface area contributed by atoms with Gasteiger partial charge in [-0.3, -0.25) is 4.79 Å². The monoisotopic (exact) mass is 238 g/mol. The summed E-state index contributed by atoms with van der Waals surface area (Å²) in [7, 11) is 0. The average Bonchev–Trinajstić information content (AvgIpc) is 2.60.